The number of anilines is 2. The van der Waals surface area contributed by atoms with E-state index < -0.39 is 0 Å². The molecule has 4 rings (SSSR count). The van der Waals surface area contributed by atoms with E-state index in [0.29, 0.717) is 17.9 Å². The maximum Gasteiger partial charge on any atom is 0.180 e. The van der Waals surface area contributed by atoms with E-state index in [2.05, 4.69) is 38.6 Å². The van der Waals surface area contributed by atoms with Gasteiger partial charge in [0.15, 0.2) is 5.82 Å². The Balaban J connectivity index is 1.39. The molecule has 0 unspecified atom stereocenters. The average Bonchev–Trinajstić information content (AvgIpc) is 2.76. The topological polar surface area (TPSA) is 75.6 Å². The smallest absolute Gasteiger partial charge is 0.180 e. The highest BCUT2D eigenvalue weighted by Crippen LogP contribution is 2.25. The Morgan fingerprint density at radius 2 is 1.50 bits per heavy atom. The third-order valence-corrected chi connectivity index (χ3v) is 5.13. The van der Waals surface area contributed by atoms with Gasteiger partial charge in [0.05, 0.1) is 0 Å². The van der Waals surface area contributed by atoms with Crippen molar-refractivity contribution in [2.75, 3.05) is 10.6 Å². The predicted octanol–water partition coefficient (Wildman–Crippen LogP) is 4.33. The Morgan fingerprint density at radius 3 is 2.11 bits per heavy atom. The van der Waals surface area contributed by atoms with Crippen molar-refractivity contribution in [3.05, 3.63) is 60.6 Å². The largest absolute Gasteiger partial charge is 0.367 e. The van der Waals surface area contributed by atoms with E-state index in [0.717, 1.165) is 55.1 Å². The van der Waals surface area contributed by atoms with Gasteiger partial charge in [0, 0.05) is 36.2 Å². The Hall–Kier alpha value is -3.02. The summed E-state index contributed by atoms with van der Waals surface area (Å²) in [5.41, 5.74) is 1.84. The Kier molecular flexibility index (Phi) is 5.75. The molecule has 0 spiro atoms. The maximum atomic E-state index is 4.72. The number of rotatable bonds is 6. The SMILES string of the molecule is CCc1cc(NC2CCC(Nc3ccccn3)CC2)nc(-c2ccccn2)n1. The Morgan fingerprint density at radius 1 is 0.821 bits per heavy atom. The zero-order chi connectivity index (χ0) is 19.2. The van der Waals surface area contributed by atoms with E-state index in [1.54, 1.807) is 6.20 Å². The fourth-order valence-electron chi connectivity index (χ4n) is 3.61. The normalized spacial score (nSPS) is 19.2. The van der Waals surface area contributed by atoms with Gasteiger partial charge in [0.25, 0.3) is 0 Å². The molecular formula is C22H26N6. The minimum Gasteiger partial charge on any atom is -0.367 e. The summed E-state index contributed by atoms with van der Waals surface area (Å²) in [7, 11) is 0. The number of nitrogens with zero attached hydrogens (tertiary/aromatic N) is 4. The van der Waals surface area contributed by atoms with Gasteiger partial charge >= 0.3 is 0 Å². The van der Waals surface area contributed by atoms with Gasteiger partial charge in [0.1, 0.15) is 17.3 Å². The van der Waals surface area contributed by atoms with Gasteiger partial charge in [-0.3, -0.25) is 4.98 Å². The summed E-state index contributed by atoms with van der Waals surface area (Å²) in [6, 6.07) is 14.8. The molecule has 1 fully saturated rings. The van der Waals surface area contributed by atoms with Crippen LogP contribution in [0.1, 0.15) is 38.3 Å². The second-order valence-electron chi connectivity index (χ2n) is 7.19. The number of hydrogen-bond donors (Lipinski definition) is 2. The molecule has 0 amide bonds. The standard InChI is InChI=1S/C22H26N6/c1-2-16-15-21(28-22(27-16)19-7-3-5-13-23-19)26-18-11-9-17(10-12-18)25-20-8-4-6-14-24-20/h3-8,13-15,17-18H,2,9-12H2,1H3,(H,24,25)(H,26,27,28). The molecule has 1 aliphatic rings. The van der Waals surface area contributed by atoms with Crippen LogP contribution in [-0.2, 0) is 6.42 Å². The zero-order valence-corrected chi connectivity index (χ0v) is 16.2. The Bertz CT molecular complexity index is 876. The summed E-state index contributed by atoms with van der Waals surface area (Å²) in [4.78, 5) is 18.1. The Labute approximate surface area is 165 Å². The molecule has 6 heteroatoms. The minimum atomic E-state index is 0.429. The van der Waals surface area contributed by atoms with Gasteiger partial charge in [-0.05, 0) is 56.4 Å². The lowest BCUT2D eigenvalue weighted by Gasteiger charge is -2.30. The first-order chi connectivity index (χ1) is 13.8. The molecule has 3 aromatic rings. The highest BCUT2D eigenvalue weighted by Gasteiger charge is 2.22. The van der Waals surface area contributed by atoms with Crippen LogP contribution in [0.4, 0.5) is 11.6 Å². The van der Waals surface area contributed by atoms with Gasteiger partial charge in [-0.25, -0.2) is 15.0 Å². The van der Waals surface area contributed by atoms with Crippen molar-refractivity contribution in [1.82, 2.24) is 19.9 Å². The first kappa shape index (κ1) is 18.3. The van der Waals surface area contributed by atoms with Crippen LogP contribution in [0.25, 0.3) is 11.5 Å². The number of pyridine rings is 2. The van der Waals surface area contributed by atoms with Crippen molar-refractivity contribution >= 4 is 11.6 Å². The highest BCUT2D eigenvalue weighted by molar-refractivity contribution is 5.53. The van der Waals surface area contributed by atoms with Crippen LogP contribution in [0.5, 0.6) is 0 Å². The third-order valence-electron chi connectivity index (χ3n) is 5.13. The summed E-state index contributed by atoms with van der Waals surface area (Å²) in [5.74, 6) is 2.55. The first-order valence-electron chi connectivity index (χ1n) is 10.0. The van der Waals surface area contributed by atoms with E-state index >= 15 is 0 Å². The van der Waals surface area contributed by atoms with Crippen LogP contribution in [0.2, 0.25) is 0 Å². The zero-order valence-electron chi connectivity index (χ0n) is 16.2. The van der Waals surface area contributed by atoms with Crippen LogP contribution < -0.4 is 10.6 Å². The van der Waals surface area contributed by atoms with Crippen molar-refractivity contribution < 1.29 is 0 Å². The van der Waals surface area contributed by atoms with E-state index in [1.165, 1.54) is 0 Å². The van der Waals surface area contributed by atoms with Crippen LogP contribution in [0.15, 0.2) is 54.9 Å². The maximum absolute atomic E-state index is 4.72. The highest BCUT2D eigenvalue weighted by atomic mass is 15.1. The van der Waals surface area contributed by atoms with Crippen LogP contribution in [-0.4, -0.2) is 32.0 Å². The van der Waals surface area contributed by atoms with Crippen molar-refractivity contribution in [3.8, 4) is 11.5 Å². The molecule has 0 aliphatic heterocycles. The van der Waals surface area contributed by atoms with E-state index in [4.69, 9.17) is 4.98 Å². The van der Waals surface area contributed by atoms with Gasteiger partial charge < -0.3 is 10.6 Å². The monoisotopic (exact) mass is 374 g/mol. The van der Waals surface area contributed by atoms with E-state index in [-0.39, 0.29) is 0 Å². The quantitative estimate of drug-likeness (QED) is 0.669. The molecule has 3 heterocycles. The van der Waals surface area contributed by atoms with E-state index in [1.807, 2.05) is 42.6 Å². The molecule has 0 aromatic carbocycles. The van der Waals surface area contributed by atoms with Gasteiger partial charge in [-0.15, -0.1) is 0 Å². The summed E-state index contributed by atoms with van der Waals surface area (Å²) < 4.78 is 0. The lowest BCUT2D eigenvalue weighted by Crippen LogP contribution is -2.32. The number of hydrogen-bond acceptors (Lipinski definition) is 6. The molecular weight excluding hydrogens is 348 g/mol. The number of aromatic nitrogens is 4. The molecule has 1 saturated carbocycles. The lowest BCUT2D eigenvalue weighted by atomic mass is 9.91. The fourth-order valence-corrected chi connectivity index (χ4v) is 3.61. The van der Waals surface area contributed by atoms with Crippen LogP contribution >= 0.6 is 0 Å². The van der Waals surface area contributed by atoms with Crippen molar-refractivity contribution in [1.29, 1.82) is 0 Å². The molecule has 0 atom stereocenters. The second-order valence-corrected chi connectivity index (χ2v) is 7.19. The molecule has 3 aromatic heterocycles. The van der Waals surface area contributed by atoms with E-state index in [9.17, 15) is 0 Å². The lowest BCUT2D eigenvalue weighted by molar-refractivity contribution is 0.427. The molecule has 0 bridgehead atoms. The second kappa shape index (κ2) is 8.78. The molecule has 1 aliphatic carbocycles. The average molecular weight is 374 g/mol. The minimum absolute atomic E-state index is 0.429. The first-order valence-corrected chi connectivity index (χ1v) is 10.0. The molecule has 0 saturated heterocycles. The van der Waals surface area contributed by atoms with Gasteiger partial charge in [-0.2, -0.15) is 0 Å². The number of nitrogens with one attached hydrogen (secondary N) is 2. The molecule has 0 radical (unpaired) electrons. The molecule has 144 valence electrons. The fraction of sp³-hybridized carbons (Fsp3) is 0.364. The van der Waals surface area contributed by atoms with Crippen molar-refractivity contribution in [2.45, 2.75) is 51.1 Å². The van der Waals surface area contributed by atoms with Gasteiger partial charge in [0.2, 0.25) is 0 Å². The number of aryl methyl sites for hydroxylation is 1. The summed E-state index contributed by atoms with van der Waals surface area (Å²) in [6.45, 7) is 2.11. The summed E-state index contributed by atoms with van der Waals surface area (Å²) >= 11 is 0. The summed E-state index contributed by atoms with van der Waals surface area (Å²) in [6.07, 6.45) is 8.93. The molecule has 2 N–H and O–H groups in total. The summed E-state index contributed by atoms with van der Waals surface area (Å²) in [5, 5.41) is 7.17. The predicted molar refractivity (Wildman–Crippen MR) is 112 cm³/mol. The van der Waals surface area contributed by atoms with Crippen molar-refractivity contribution in [3.63, 3.8) is 0 Å². The van der Waals surface area contributed by atoms with Crippen LogP contribution in [0.3, 0.4) is 0 Å². The van der Waals surface area contributed by atoms with Crippen molar-refractivity contribution in [2.24, 2.45) is 0 Å². The molecule has 6 nitrogen and oxygen atoms in total. The molecule has 28 heavy (non-hydrogen) atoms. The third kappa shape index (κ3) is 4.63. The van der Waals surface area contributed by atoms with Gasteiger partial charge in [-0.1, -0.05) is 19.1 Å². The van der Waals surface area contributed by atoms with Crippen LogP contribution in [0, 0.1) is 0 Å².